The molecule has 0 bridgehead atoms. The molecule has 1 aromatic carbocycles. The zero-order valence-corrected chi connectivity index (χ0v) is 12.4. The molecule has 2 aliphatic rings. The van der Waals surface area contributed by atoms with E-state index in [0.717, 1.165) is 58.5 Å². The number of hydrogen-bond acceptors (Lipinski definition) is 4. The van der Waals surface area contributed by atoms with Crippen molar-refractivity contribution in [2.45, 2.75) is 37.8 Å². The van der Waals surface area contributed by atoms with Crippen LogP contribution in [0.25, 0.3) is 0 Å². The predicted molar refractivity (Wildman–Crippen MR) is 80.8 cm³/mol. The topological polar surface area (TPSA) is 41.9 Å². The van der Waals surface area contributed by atoms with E-state index in [9.17, 15) is 4.79 Å². The Kier molecular flexibility index (Phi) is 4.49. The number of hydrogen-bond donors (Lipinski definition) is 0. The summed E-state index contributed by atoms with van der Waals surface area (Å²) in [6.45, 7) is 4.56. The van der Waals surface area contributed by atoms with Crippen molar-refractivity contribution in [1.82, 2.24) is 4.90 Å². The summed E-state index contributed by atoms with van der Waals surface area (Å²) in [6.07, 6.45) is 6.00. The van der Waals surface area contributed by atoms with Crippen molar-refractivity contribution in [3.63, 3.8) is 0 Å². The fourth-order valence-electron chi connectivity index (χ4n) is 3.49. The van der Waals surface area contributed by atoms with Gasteiger partial charge in [0.05, 0.1) is 18.8 Å². The summed E-state index contributed by atoms with van der Waals surface area (Å²) in [5, 5.41) is 0. The summed E-state index contributed by atoms with van der Waals surface area (Å²) < 4.78 is 5.39. The van der Waals surface area contributed by atoms with Crippen LogP contribution in [0.15, 0.2) is 29.3 Å². The third kappa shape index (κ3) is 3.24. The van der Waals surface area contributed by atoms with Crippen molar-refractivity contribution in [2.24, 2.45) is 4.99 Å². The Morgan fingerprint density at radius 3 is 2.71 bits per heavy atom. The van der Waals surface area contributed by atoms with Crippen LogP contribution in [0, 0.1) is 0 Å². The highest BCUT2D eigenvalue weighted by atomic mass is 16.5. The number of ether oxygens (including phenoxy) is 1. The van der Waals surface area contributed by atoms with Gasteiger partial charge in [0.15, 0.2) is 0 Å². The van der Waals surface area contributed by atoms with Gasteiger partial charge in [-0.2, -0.15) is 4.99 Å². The van der Waals surface area contributed by atoms with Gasteiger partial charge in [-0.1, -0.05) is 37.1 Å². The lowest BCUT2D eigenvalue weighted by molar-refractivity contribution is 0.0342. The van der Waals surface area contributed by atoms with Gasteiger partial charge < -0.3 is 4.74 Å². The maximum absolute atomic E-state index is 10.8. The van der Waals surface area contributed by atoms with Gasteiger partial charge in [-0.3, -0.25) is 4.90 Å². The predicted octanol–water partition coefficient (Wildman–Crippen LogP) is 2.62. The fraction of sp³-hybridized carbons (Fsp3) is 0.588. The van der Waals surface area contributed by atoms with Crippen molar-refractivity contribution in [3.8, 4) is 0 Å². The minimum atomic E-state index is -0.317. The Bertz CT molecular complexity index is 525. The summed E-state index contributed by atoms with van der Waals surface area (Å²) in [4.78, 5) is 17.4. The minimum absolute atomic E-state index is 0.317. The molecule has 1 aliphatic heterocycles. The van der Waals surface area contributed by atoms with Crippen LogP contribution in [-0.4, -0.2) is 37.3 Å². The lowest BCUT2D eigenvalue weighted by atomic mass is 9.88. The van der Waals surface area contributed by atoms with Gasteiger partial charge in [0, 0.05) is 19.6 Å². The molecule has 0 radical (unpaired) electrons. The van der Waals surface area contributed by atoms with Gasteiger partial charge >= 0.3 is 0 Å². The molecule has 1 saturated carbocycles. The third-order valence-electron chi connectivity index (χ3n) is 4.66. The molecule has 21 heavy (non-hydrogen) atoms. The SMILES string of the molecule is O=C=NC1(c2cccc(CN3CCOCC3)c2)CCCC1. The molecule has 1 heterocycles. The molecule has 0 amide bonds. The molecular weight excluding hydrogens is 264 g/mol. The largest absolute Gasteiger partial charge is 0.379 e. The molecule has 3 rings (SSSR count). The standard InChI is InChI=1S/C17H22N2O2/c20-14-18-17(6-1-2-7-17)16-5-3-4-15(12-16)13-19-8-10-21-11-9-19/h3-5,12H,1-2,6-11,13H2. The Labute approximate surface area is 125 Å². The lowest BCUT2D eigenvalue weighted by Gasteiger charge is -2.28. The summed E-state index contributed by atoms with van der Waals surface area (Å²) in [5.41, 5.74) is 2.15. The number of carbonyl (C=O) groups excluding carboxylic acids is 1. The highest BCUT2D eigenvalue weighted by Gasteiger charge is 2.35. The normalized spacial score (nSPS) is 21.9. The van der Waals surface area contributed by atoms with E-state index in [1.165, 1.54) is 11.1 Å². The van der Waals surface area contributed by atoms with Gasteiger partial charge in [-0.25, -0.2) is 4.79 Å². The first-order chi connectivity index (χ1) is 10.3. The second kappa shape index (κ2) is 6.52. The summed E-state index contributed by atoms with van der Waals surface area (Å²) in [7, 11) is 0. The molecule has 4 heteroatoms. The number of nitrogens with zero attached hydrogens (tertiary/aromatic N) is 2. The highest BCUT2D eigenvalue weighted by Crippen LogP contribution is 2.42. The van der Waals surface area contributed by atoms with E-state index in [-0.39, 0.29) is 5.54 Å². The summed E-state index contributed by atoms with van der Waals surface area (Å²) >= 11 is 0. The Hall–Kier alpha value is -1.48. The lowest BCUT2D eigenvalue weighted by Crippen LogP contribution is -2.35. The van der Waals surface area contributed by atoms with Gasteiger partial charge in [-0.05, 0) is 24.0 Å². The first-order valence-corrected chi connectivity index (χ1v) is 7.81. The van der Waals surface area contributed by atoms with Crippen molar-refractivity contribution < 1.29 is 9.53 Å². The fourth-order valence-corrected chi connectivity index (χ4v) is 3.49. The second-order valence-corrected chi connectivity index (χ2v) is 6.03. The Balaban J connectivity index is 1.80. The first kappa shape index (κ1) is 14.5. The number of rotatable bonds is 4. The van der Waals surface area contributed by atoms with E-state index in [1.54, 1.807) is 6.08 Å². The minimum Gasteiger partial charge on any atom is -0.379 e. The smallest absolute Gasteiger partial charge is 0.235 e. The molecule has 0 spiro atoms. The quantitative estimate of drug-likeness (QED) is 0.631. The molecular formula is C17H22N2O2. The zero-order valence-electron chi connectivity index (χ0n) is 12.4. The van der Waals surface area contributed by atoms with E-state index < -0.39 is 0 Å². The molecule has 1 aromatic rings. The Morgan fingerprint density at radius 1 is 1.24 bits per heavy atom. The van der Waals surface area contributed by atoms with Crippen LogP contribution in [0.3, 0.4) is 0 Å². The van der Waals surface area contributed by atoms with Crippen molar-refractivity contribution >= 4 is 6.08 Å². The van der Waals surface area contributed by atoms with Crippen molar-refractivity contribution in [3.05, 3.63) is 35.4 Å². The van der Waals surface area contributed by atoms with Gasteiger partial charge in [0.1, 0.15) is 0 Å². The summed E-state index contributed by atoms with van der Waals surface area (Å²) in [6, 6.07) is 8.58. The summed E-state index contributed by atoms with van der Waals surface area (Å²) in [5.74, 6) is 0. The van der Waals surface area contributed by atoms with Crippen LogP contribution in [-0.2, 0) is 21.6 Å². The molecule has 0 atom stereocenters. The van der Waals surface area contributed by atoms with Gasteiger partial charge in [-0.15, -0.1) is 0 Å². The van der Waals surface area contributed by atoms with E-state index in [1.807, 2.05) is 0 Å². The molecule has 1 aliphatic carbocycles. The average molecular weight is 286 g/mol. The van der Waals surface area contributed by atoms with Crippen LogP contribution in [0.1, 0.15) is 36.8 Å². The average Bonchev–Trinajstić information content (AvgIpc) is 2.99. The second-order valence-electron chi connectivity index (χ2n) is 6.03. The Morgan fingerprint density at radius 2 is 2.00 bits per heavy atom. The van der Waals surface area contributed by atoms with Gasteiger partial charge in [0.25, 0.3) is 0 Å². The molecule has 0 aromatic heterocycles. The van der Waals surface area contributed by atoms with E-state index in [2.05, 4.69) is 34.2 Å². The van der Waals surface area contributed by atoms with Crippen LogP contribution < -0.4 is 0 Å². The number of benzene rings is 1. The number of morpholine rings is 1. The van der Waals surface area contributed by atoms with E-state index >= 15 is 0 Å². The van der Waals surface area contributed by atoms with E-state index in [4.69, 9.17) is 4.74 Å². The highest BCUT2D eigenvalue weighted by molar-refractivity contribution is 5.39. The molecule has 2 fully saturated rings. The number of isocyanates is 1. The van der Waals surface area contributed by atoms with Gasteiger partial charge in [0.2, 0.25) is 6.08 Å². The maximum Gasteiger partial charge on any atom is 0.235 e. The van der Waals surface area contributed by atoms with Crippen LogP contribution >= 0.6 is 0 Å². The molecule has 1 saturated heterocycles. The maximum atomic E-state index is 10.8. The van der Waals surface area contributed by atoms with Crippen molar-refractivity contribution in [2.75, 3.05) is 26.3 Å². The monoisotopic (exact) mass is 286 g/mol. The third-order valence-corrected chi connectivity index (χ3v) is 4.66. The van der Waals surface area contributed by atoms with Crippen LogP contribution in [0.2, 0.25) is 0 Å². The van der Waals surface area contributed by atoms with Crippen molar-refractivity contribution in [1.29, 1.82) is 0 Å². The zero-order chi connectivity index (χ0) is 14.5. The van der Waals surface area contributed by atoms with E-state index in [0.29, 0.717) is 0 Å². The van der Waals surface area contributed by atoms with Crippen LogP contribution in [0.5, 0.6) is 0 Å². The molecule has 0 N–H and O–H groups in total. The van der Waals surface area contributed by atoms with Crippen LogP contribution in [0.4, 0.5) is 0 Å². The molecule has 4 nitrogen and oxygen atoms in total. The first-order valence-electron chi connectivity index (χ1n) is 7.81. The molecule has 0 unspecified atom stereocenters. The molecule has 112 valence electrons. The number of aliphatic imine (C=N–C) groups is 1.